The molecule has 22 heavy (non-hydrogen) atoms. The number of anilines is 1. The molecule has 2 heterocycles. The van der Waals surface area contributed by atoms with Crippen LogP contribution >= 0.6 is 0 Å². The van der Waals surface area contributed by atoms with E-state index in [1.807, 2.05) is 6.07 Å². The van der Waals surface area contributed by atoms with Crippen molar-refractivity contribution in [3.05, 3.63) is 11.8 Å². The highest BCUT2D eigenvalue weighted by Gasteiger charge is 2.53. The molecule has 2 atom stereocenters. The number of rotatable bonds is 4. The second-order valence-corrected chi connectivity index (χ2v) is 8.52. The van der Waals surface area contributed by atoms with Gasteiger partial charge in [-0.05, 0) is 19.8 Å². The van der Waals surface area contributed by atoms with Crippen LogP contribution in [0.3, 0.4) is 0 Å². The zero-order valence-electron chi connectivity index (χ0n) is 13.2. The Balaban J connectivity index is 2.04. The number of ether oxygens (including phenoxy) is 2. The van der Waals surface area contributed by atoms with Crippen LogP contribution in [0.4, 0.5) is 5.82 Å². The van der Waals surface area contributed by atoms with E-state index in [1.54, 1.807) is 0 Å². The average Bonchev–Trinajstić information content (AvgIpc) is 3.28. The van der Waals surface area contributed by atoms with Gasteiger partial charge in [0, 0.05) is 18.9 Å². The summed E-state index contributed by atoms with van der Waals surface area (Å²) >= 11 is 0. The Hall–Kier alpha value is -1.41. The van der Waals surface area contributed by atoms with Gasteiger partial charge in [0.25, 0.3) is 0 Å². The topological polar surface area (TPSA) is 88.4 Å². The highest BCUT2D eigenvalue weighted by atomic mass is 32.2. The summed E-state index contributed by atoms with van der Waals surface area (Å²) in [5.74, 6) is 0.757. The number of nitrogens with zero attached hydrogens (tertiary/aromatic N) is 3. The lowest BCUT2D eigenvalue weighted by Gasteiger charge is -2.34. The zero-order chi connectivity index (χ0) is 16.0. The summed E-state index contributed by atoms with van der Waals surface area (Å²) in [6.45, 7) is 4.12. The molecule has 1 aromatic rings. The Labute approximate surface area is 131 Å². The van der Waals surface area contributed by atoms with E-state index < -0.39 is 14.5 Å². The van der Waals surface area contributed by atoms with Crippen molar-refractivity contribution in [3.8, 4) is 6.01 Å². The fraction of sp³-hybridized carbons (Fsp3) is 0.714. The van der Waals surface area contributed by atoms with E-state index in [4.69, 9.17) is 14.3 Å². The maximum Gasteiger partial charge on any atom is 0.318 e. The van der Waals surface area contributed by atoms with Gasteiger partial charge in [0.1, 0.15) is 5.82 Å². The first-order valence-electron chi connectivity index (χ1n) is 7.39. The van der Waals surface area contributed by atoms with Gasteiger partial charge in [-0.1, -0.05) is 0 Å². The molecule has 0 aromatic carbocycles. The molecule has 0 radical (unpaired) electrons. The molecule has 0 amide bonds. The van der Waals surface area contributed by atoms with Crippen molar-refractivity contribution in [1.29, 1.82) is 4.78 Å². The van der Waals surface area contributed by atoms with Crippen molar-refractivity contribution < 1.29 is 13.7 Å². The highest BCUT2D eigenvalue weighted by Crippen LogP contribution is 2.52. The molecule has 2 fully saturated rings. The van der Waals surface area contributed by atoms with E-state index in [0.717, 1.165) is 25.2 Å². The maximum atomic E-state index is 12.4. The van der Waals surface area contributed by atoms with Crippen molar-refractivity contribution >= 4 is 15.5 Å². The SMILES string of the molecule is COc1nc(N2CCOC[C@H]2C)cc(C2(S(C)(=N)=O)CC2)n1. The molecule has 1 aromatic heterocycles. The molecule has 122 valence electrons. The Morgan fingerprint density at radius 3 is 2.77 bits per heavy atom. The van der Waals surface area contributed by atoms with Crippen molar-refractivity contribution in [3.63, 3.8) is 0 Å². The number of hydrogen-bond donors (Lipinski definition) is 1. The quantitative estimate of drug-likeness (QED) is 0.899. The molecule has 2 aliphatic rings. The third-order valence-electron chi connectivity index (χ3n) is 4.45. The van der Waals surface area contributed by atoms with Gasteiger partial charge in [0.15, 0.2) is 0 Å². The lowest BCUT2D eigenvalue weighted by atomic mass is 10.2. The first kappa shape index (κ1) is 15.5. The summed E-state index contributed by atoms with van der Waals surface area (Å²) in [5, 5.41) is 0. The molecule has 7 nitrogen and oxygen atoms in total. The first-order chi connectivity index (χ1) is 10.4. The standard InChI is InChI=1S/C14H22N4O3S/c1-10-9-21-7-6-18(10)12-8-11(16-13(17-12)20-2)14(4-5-14)22(3,15)19/h8,10,15H,4-7,9H2,1-3H3/t10-,22?/m1/s1. The van der Waals surface area contributed by atoms with Crippen LogP contribution in [0.1, 0.15) is 25.5 Å². The Morgan fingerprint density at radius 2 is 2.23 bits per heavy atom. The second kappa shape index (κ2) is 5.34. The van der Waals surface area contributed by atoms with Crippen LogP contribution in [-0.4, -0.2) is 53.3 Å². The van der Waals surface area contributed by atoms with Crippen LogP contribution < -0.4 is 9.64 Å². The normalized spacial score (nSPS) is 26.3. The van der Waals surface area contributed by atoms with Gasteiger partial charge in [0.05, 0.1) is 46.5 Å². The molecule has 0 spiro atoms. The number of nitrogens with one attached hydrogen (secondary N) is 1. The number of methoxy groups -OCH3 is 1. The van der Waals surface area contributed by atoms with Crippen LogP contribution in [0.25, 0.3) is 0 Å². The fourth-order valence-electron chi connectivity index (χ4n) is 2.91. The van der Waals surface area contributed by atoms with Gasteiger partial charge >= 0.3 is 6.01 Å². The van der Waals surface area contributed by atoms with Crippen LogP contribution in [0, 0.1) is 4.78 Å². The predicted octanol–water partition coefficient (Wildman–Crippen LogP) is 1.38. The first-order valence-corrected chi connectivity index (χ1v) is 9.35. The van der Waals surface area contributed by atoms with Crippen LogP contribution in [0.5, 0.6) is 6.01 Å². The Bertz CT molecular complexity index is 673. The highest BCUT2D eigenvalue weighted by molar-refractivity contribution is 7.92. The lowest BCUT2D eigenvalue weighted by molar-refractivity contribution is 0.0984. The summed E-state index contributed by atoms with van der Waals surface area (Å²) < 4.78 is 30.4. The Kier molecular flexibility index (Phi) is 3.76. The minimum Gasteiger partial charge on any atom is -0.467 e. The third-order valence-corrected chi connectivity index (χ3v) is 6.56. The van der Waals surface area contributed by atoms with E-state index >= 15 is 0 Å². The van der Waals surface area contributed by atoms with Gasteiger partial charge in [-0.2, -0.15) is 9.97 Å². The van der Waals surface area contributed by atoms with Gasteiger partial charge < -0.3 is 14.4 Å². The molecule has 1 aliphatic heterocycles. The number of morpholine rings is 1. The maximum absolute atomic E-state index is 12.4. The monoisotopic (exact) mass is 326 g/mol. The second-order valence-electron chi connectivity index (χ2n) is 6.05. The summed E-state index contributed by atoms with van der Waals surface area (Å²) in [4.78, 5) is 11.0. The number of aromatic nitrogens is 2. The van der Waals surface area contributed by atoms with Gasteiger partial charge in [0.2, 0.25) is 0 Å². The van der Waals surface area contributed by atoms with E-state index in [0.29, 0.717) is 18.9 Å². The summed E-state index contributed by atoms with van der Waals surface area (Å²) in [6.07, 6.45) is 2.94. The molecular weight excluding hydrogens is 304 g/mol. The molecule has 1 aliphatic carbocycles. The van der Waals surface area contributed by atoms with Crippen LogP contribution in [0.2, 0.25) is 0 Å². The minimum absolute atomic E-state index is 0.207. The van der Waals surface area contributed by atoms with Gasteiger partial charge in [-0.25, -0.2) is 4.21 Å². The van der Waals surface area contributed by atoms with Crippen molar-refractivity contribution in [2.75, 3.05) is 38.0 Å². The summed E-state index contributed by atoms with van der Waals surface area (Å²) in [5.41, 5.74) is 0.663. The molecule has 1 saturated heterocycles. The van der Waals surface area contributed by atoms with Crippen LogP contribution in [0.15, 0.2) is 6.07 Å². The minimum atomic E-state index is -2.72. The van der Waals surface area contributed by atoms with Gasteiger partial charge in [-0.3, -0.25) is 4.78 Å². The van der Waals surface area contributed by atoms with E-state index in [1.165, 1.54) is 13.4 Å². The zero-order valence-corrected chi connectivity index (χ0v) is 14.0. The molecule has 0 bridgehead atoms. The molecule has 1 saturated carbocycles. The Morgan fingerprint density at radius 1 is 1.50 bits per heavy atom. The molecule has 8 heteroatoms. The van der Waals surface area contributed by atoms with Crippen molar-refractivity contribution in [1.82, 2.24) is 9.97 Å². The largest absolute Gasteiger partial charge is 0.467 e. The predicted molar refractivity (Wildman–Crippen MR) is 83.9 cm³/mol. The molecule has 1 unspecified atom stereocenters. The number of hydrogen-bond acceptors (Lipinski definition) is 7. The summed E-state index contributed by atoms with van der Waals surface area (Å²) in [6, 6.07) is 2.34. The fourth-order valence-corrected chi connectivity index (χ4v) is 4.30. The average molecular weight is 326 g/mol. The molecular formula is C14H22N4O3S. The van der Waals surface area contributed by atoms with E-state index in [-0.39, 0.29) is 12.1 Å². The smallest absolute Gasteiger partial charge is 0.318 e. The van der Waals surface area contributed by atoms with Gasteiger partial charge in [-0.15, -0.1) is 0 Å². The molecule has 1 N–H and O–H groups in total. The van der Waals surface area contributed by atoms with E-state index in [2.05, 4.69) is 21.8 Å². The lowest BCUT2D eigenvalue weighted by Crippen LogP contribution is -2.44. The van der Waals surface area contributed by atoms with E-state index in [9.17, 15) is 4.21 Å². The van der Waals surface area contributed by atoms with Crippen molar-refractivity contribution in [2.45, 2.75) is 30.6 Å². The van der Waals surface area contributed by atoms with Crippen molar-refractivity contribution in [2.24, 2.45) is 0 Å². The third kappa shape index (κ3) is 2.54. The molecule has 3 rings (SSSR count). The van der Waals surface area contributed by atoms with Crippen LogP contribution in [-0.2, 0) is 19.2 Å². The summed E-state index contributed by atoms with van der Waals surface area (Å²) in [7, 11) is -1.20.